The number of rotatable bonds is 25. The van der Waals surface area contributed by atoms with Crippen LogP contribution in [-0.4, -0.2) is 202 Å². The molecule has 33 nitrogen and oxygen atoms in total. The number of phosphoric acid groups is 3. The van der Waals surface area contributed by atoms with Crippen LogP contribution in [0.5, 0.6) is 0 Å². The number of aliphatic carboxylic acids is 1. The minimum atomic E-state index is -5.56. The standard InChI is InChI=1S/C23H38N7O17P3S.C6H12O6.C3H4O3/c1-12(31)51-7-6-25-14(32)4-5-26-21(35)18(34)23(2,3)9-44-50(41,42)47-49(39,40)43-8-13-17(46-48(36,37)38)16(33)22(45-13)30-11-29-15-19(24)27-10-28-20(15)30;7-1-3(9)5(11)6(12)4(10)2-8;1-2(4)3(5)6/h10-11,13,16-18,22,33-34H,4-9H2,1-3H3,(H,25,32)(H,26,35)(H,39,40)(H,41,42)(H2,24,27,28)(H2,36,37,38);1,3-6,8-12H,2H2;1H3,(H,5,6)/t13-,16-,17-,18+,22-;3-,4+,5+,6+;/m10./s1. The molecule has 69 heavy (non-hydrogen) atoms. The van der Waals surface area contributed by atoms with Crippen molar-refractivity contribution in [2.45, 2.75) is 89.2 Å². The number of aliphatic hydroxyl groups is 7. The number of anilines is 1. The average Bonchev–Trinajstić information content (AvgIpc) is 3.82. The van der Waals surface area contributed by atoms with Crippen molar-refractivity contribution in [3.8, 4) is 0 Å². The number of ketones is 1. The summed E-state index contributed by atoms with van der Waals surface area (Å²) in [5, 5.41) is 77.2. The van der Waals surface area contributed by atoms with E-state index in [4.69, 9.17) is 50.2 Å². The molecule has 2 aromatic heterocycles. The fraction of sp³-hybridized carbons (Fsp3) is 0.656. The number of hydrogen-bond donors (Lipinski definition) is 15. The summed E-state index contributed by atoms with van der Waals surface area (Å²) >= 11 is 1.03. The largest absolute Gasteiger partial charge is 0.481 e. The Kier molecular flexibility index (Phi) is 25.9. The van der Waals surface area contributed by atoms with Crippen molar-refractivity contribution in [2.24, 2.45) is 5.41 Å². The fourth-order valence-electron chi connectivity index (χ4n) is 4.94. The average molecular weight is 1080 g/mol. The molecule has 1 aliphatic heterocycles. The highest BCUT2D eigenvalue weighted by Crippen LogP contribution is 2.61. The number of Topliss-reactive ketones (excluding diaryl/α,β-unsaturated/α-hetero) is 1. The molecule has 0 aliphatic carbocycles. The highest BCUT2D eigenvalue weighted by atomic mass is 32.2. The number of aromatic nitrogens is 4. The molecule has 16 N–H and O–H groups in total. The van der Waals surface area contributed by atoms with Gasteiger partial charge in [0.05, 0.1) is 26.1 Å². The number of nitrogen functional groups attached to an aromatic ring is 1. The van der Waals surface area contributed by atoms with E-state index in [1.807, 2.05) is 0 Å². The number of hydrogen-bond acceptors (Lipinski definition) is 26. The zero-order chi connectivity index (χ0) is 53.2. The molecule has 1 aliphatic rings. The molecule has 11 atom stereocenters. The summed E-state index contributed by atoms with van der Waals surface area (Å²) in [6.07, 6.45) is -13.7. The van der Waals surface area contributed by atoms with E-state index < -0.39 is 127 Å². The fourth-order valence-corrected chi connectivity index (χ4v) is 8.26. The third-order valence-corrected chi connectivity index (χ3v) is 12.4. The second-order valence-electron chi connectivity index (χ2n) is 14.6. The minimum Gasteiger partial charge on any atom is -0.476 e. The van der Waals surface area contributed by atoms with Gasteiger partial charge in [0, 0.05) is 44.5 Å². The highest BCUT2D eigenvalue weighted by Gasteiger charge is 2.50. The van der Waals surface area contributed by atoms with Crippen LogP contribution in [0.2, 0.25) is 0 Å². The van der Waals surface area contributed by atoms with Crippen LogP contribution >= 0.6 is 35.2 Å². The molecule has 394 valence electrons. The van der Waals surface area contributed by atoms with Crippen LogP contribution in [0.4, 0.5) is 5.82 Å². The van der Waals surface area contributed by atoms with Crippen molar-refractivity contribution in [2.75, 3.05) is 44.4 Å². The number of carbonyl (C=O) groups excluding carboxylic acids is 5. The number of carboxylic acids is 1. The lowest BCUT2D eigenvalue weighted by atomic mass is 9.87. The maximum Gasteiger partial charge on any atom is 0.481 e. The van der Waals surface area contributed by atoms with E-state index in [9.17, 15) is 72.2 Å². The molecule has 3 rings (SSSR count). The SMILES string of the molecule is CC(=O)C(=O)O.CC(=O)SCCNC(=O)CCNC(=O)[C@H](O)C(C)(C)COP(=O)(O)OP(=O)(O)OC[C@H]1O[C@@H](n2cnc3c(N)ncnc32)[C@H](O)[C@@H]1OP(=O)(O)O.O=C[C@H](O)[C@@H](O)[C@H](O)[C@H](O)CO. The Bertz CT molecular complexity index is 2190. The van der Waals surface area contributed by atoms with Gasteiger partial charge < -0.3 is 86.3 Å². The molecule has 2 amide bonds. The van der Waals surface area contributed by atoms with Crippen LogP contribution < -0.4 is 16.4 Å². The van der Waals surface area contributed by atoms with Crippen molar-refractivity contribution in [1.29, 1.82) is 0 Å². The van der Waals surface area contributed by atoms with Gasteiger partial charge in [0.1, 0.15) is 60.7 Å². The lowest BCUT2D eigenvalue weighted by Gasteiger charge is -2.30. The number of nitrogens with zero attached hydrogens (tertiary/aromatic N) is 4. The van der Waals surface area contributed by atoms with Crippen molar-refractivity contribution in [3.05, 3.63) is 12.7 Å². The van der Waals surface area contributed by atoms with Crippen LogP contribution in [0, 0.1) is 5.41 Å². The molecule has 2 unspecified atom stereocenters. The maximum absolute atomic E-state index is 12.6. The molecular weight excluding hydrogens is 1020 g/mol. The molecule has 0 bridgehead atoms. The normalized spacial score (nSPS) is 21.0. The summed E-state index contributed by atoms with van der Waals surface area (Å²) in [5.74, 6) is -3.29. The molecule has 3 heterocycles. The number of carboxylic acid groups (broad SMARTS) is 1. The number of fused-ring (bicyclic) bond motifs is 1. The number of aldehydes is 1. The van der Waals surface area contributed by atoms with Gasteiger partial charge in [0.25, 0.3) is 0 Å². The lowest BCUT2D eigenvalue weighted by Crippen LogP contribution is -2.46. The number of nitrogens with one attached hydrogen (secondary N) is 2. The predicted octanol–water partition coefficient (Wildman–Crippen LogP) is -5.03. The molecule has 1 saturated heterocycles. The van der Waals surface area contributed by atoms with Crippen LogP contribution in [0.15, 0.2) is 12.7 Å². The molecule has 0 saturated carbocycles. The summed E-state index contributed by atoms with van der Waals surface area (Å²) in [4.78, 5) is 115. The van der Waals surface area contributed by atoms with Gasteiger partial charge in [-0.25, -0.2) is 33.4 Å². The summed E-state index contributed by atoms with van der Waals surface area (Å²) in [6.45, 7) is 2.14. The van der Waals surface area contributed by atoms with Gasteiger partial charge in [0.15, 0.2) is 29.1 Å². The lowest BCUT2D eigenvalue weighted by molar-refractivity contribution is -0.148. The van der Waals surface area contributed by atoms with Gasteiger partial charge in [-0.1, -0.05) is 25.6 Å². The Morgan fingerprint density at radius 2 is 1.55 bits per heavy atom. The van der Waals surface area contributed by atoms with Gasteiger partial charge in [0.2, 0.25) is 17.6 Å². The van der Waals surface area contributed by atoms with Gasteiger partial charge in [-0.2, -0.15) is 4.31 Å². The first kappa shape index (κ1) is 63.2. The van der Waals surface area contributed by atoms with E-state index in [1.165, 1.54) is 20.8 Å². The zero-order valence-corrected chi connectivity index (χ0v) is 40.1. The van der Waals surface area contributed by atoms with Gasteiger partial charge in [-0.15, -0.1) is 0 Å². The maximum atomic E-state index is 12.6. The molecule has 0 aromatic carbocycles. The highest BCUT2D eigenvalue weighted by molar-refractivity contribution is 8.13. The van der Waals surface area contributed by atoms with E-state index in [-0.39, 0.29) is 47.9 Å². The first-order valence-corrected chi connectivity index (χ1v) is 24.8. The van der Waals surface area contributed by atoms with Crippen molar-refractivity contribution in [3.63, 3.8) is 0 Å². The Morgan fingerprint density at radius 1 is 0.957 bits per heavy atom. The third-order valence-electron chi connectivity index (χ3n) is 8.53. The van der Waals surface area contributed by atoms with Crippen LogP contribution in [0.3, 0.4) is 0 Å². The van der Waals surface area contributed by atoms with Gasteiger partial charge >= 0.3 is 29.4 Å². The quantitative estimate of drug-likeness (QED) is 0.0192. The number of amides is 2. The molecule has 0 radical (unpaired) electrons. The van der Waals surface area contributed by atoms with Crippen molar-refractivity contribution < 1.29 is 126 Å². The number of carbonyl (C=O) groups is 6. The Hall–Kier alpha value is -3.83. The van der Waals surface area contributed by atoms with Crippen LogP contribution in [0.25, 0.3) is 11.2 Å². The Balaban J connectivity index is 0.00000111. The first-order chi connectivity index (χ1) is 31.7. The molecule has 0 spiro atoms. The van der Waals surface area contributed by atoms with E-state index in [0.717, 1.165) is 35.9 Å². The topological polar surface area (TPSA) is 536 Å². The third kappa shape index (κ3) is 22.0. The summed E-state index contributed by atoms with van der Waals surface area (Å²) in [6, 6.07) is 0. The number of phosphoric ester groups is 3. The second-order valence-corrected chi connectivity index (χ2v) is 20.1. The Labute approximate surface area is 393 Å². The number of imidazole rings is 1. The molecule has 1 fully saturated rings. The number of thioether (sulfide) groups is 1. The molecule has 2 aromatic rings. The first-order valence-electron chi connectivity index (χ1n) is 19.2. The van der Waals surface area contributed by atoms with Crippen molar-refractivity contribution >= 4 is 87.2 Å². The summed E-state index contributed by atoms with van der Waals surface area (Å²) < 4.78 is 61.8. The zero-order valence-electron chi connectivity index (χ0n) is 36.6. The predicted molar refractivity (Wildman–Crippen MR) is 228 cm³/mol. The van der Waals surface area contributed by atoms with Crippen LogP contribution in [0.1, 0.15) is 40.3 Å². The second kappa shape index (κ2) is 28.3. The van der Waals surface area contributed by atoms with E-state index in [1.54, 1.807) is 0 Å². The smallest absolute Gasteiger partial charge is 0.476 e. The van der Waals surface area contributed by atoms with Gasteiger partial charge in [-0.05, 0) is 0 Å². The number of ether oxygens (including phenoxy) is 1. The van der Waals surface area contributed by atoms with E-state index in [0.29, 0.717) is 5.75 Å². The molecule has 37 heteroatoms. The minimum absolute atomic E-state index is 0.0258. The van der Waals surface area contributed by atoms with E-state index >= 15 is 0 Å². The van der Waals surface area contributed by atoms with E-state index in [2.05, 4.69) is 34.4 Å². The van der Waals surface area contributed by atoms with Crippen LogP contribution in [-0.2, 0) is 65.1 Å². The molecular formula is C32H54N7O26P3S. The summed E-state index contributed by atoms with van der Waals surface area (Å²) in [5.41, 5.74) is 4.26. The number of nitrogens with two attached hydrogens (primary N) is 1. The Morgan fingerprint density at radius 3 is 2.09 bits per heavy atom. The summed E-state index contributed by atoms with van der Waals surface area (Å²) in [7, 11) is -16.4. The van der Waals surface area contributed by atoms with Crippen molar-refractivity contribution in [1.82, 2.24) is 30.2 Å². The number of aliphatic hydroxyl groups excluding tert-OH is 7. The van der Waals surface area contributed by atoms with Gasteiger partial charge in [-0.3, -0.25) is 37.3 Å². The monoisotopic (exact) mass is 1080 g/mol.